The highest BCUT2D eigenvalue weighted by molar-refractivity contribution is 5.70. The molecule has 22 heavy (non-hydrogen) atoms. The van der Waals surface area contributed by atoms with Crippen LogP contribution in [0.2, 0.25) is 0 Å². The molecule has 1 saturated heterocycles. The highest BCUT2D eigenvalue weighted by atomic mass is 16.5. The monoisotopic (exact) mass is 307 g/mol. The van der Waals surface area contributed by atoms with Gasteiger partial charge in [-0.2, -0.15) is 0 Å². The molecule has 0 bridgehead atoms. The van der Waals surface area contributed by atoms with Gasteiger partial charge in [-0.1, -0.05) is 13.0 Å². The summed E-state index contributed by atoms with van der Waals surface area (Å²) in [7, 11) is 1.65. The fourth-order valence-corrected chi connectivity index (χ4v) is 2.74. The standard InChI is InChI=1S/C17H25NO4/c1-3-10-22-15-5-4-13(11-16(15)21-2)12-18-8-6-14(7-9-18)17(19)20/h4-5,11,14H,3,6-10,12H2,1-2H3,(H,19,20). The van der Waals surface area contributed by atoms with E-state index in [1.165, 1.54) is 0 Å². The lowest BCUT2D eigenvalue weighted by molar-refractivity contribution is -0.143. The van der Waals surface area contributed by atoms with Crippen molar-refractivity contribution in [1.82, 2.24) is 4.90 Å². The summed E-state index contributed by atoms with van der Waals surface area (Å²) in [5.41, 5.74) is 1.16. The molecule has 1 N–H and O–H groups in total. The fourth-order valence-electron chi connectivity index (χ4n) is 2.74. The van der Waals surface area contributed by atoms with E-state index < -0.39 is 5.97 Å². The molecule has 0 unspecified atom stereocenters. The molecule has 0 saturated carbocycles. The smallest absolute Gasteiger partial charge is 0.306 e. The number of ether oxygens (including phenoxy) is 2. The molecule has 0 radical (unpaired) electrons. The number of hydrogen-bond donors (Lipinski definition) is 1. The Labute approximate surface area is 131 Å². The van der Waals surface area contributed by atoms with Crippen LogP contribution >= 0.6 is 0 Å². The van der Waals surface area contributed by atoms with Crippen LogP contribution in [0.3, 0.4) is 0 Å². The van der Waals surface area contributed by atoms with Crippen LogP contribution in [0, 0.1) is 5.92 Å². The van der Waals surface area contributed by atoms with Crippen molar-refractivity contribution in [2.24, 2.45) is 5.92 Å². The normalized spacial score (nSPS) is 16.5. The molecule has 5 heteroatoms. The van der Waals surface area contributed by atoms with Gasteiger partial charge in [-0.05, 0) is 50.0 Å². The second-order valence-corrected chi connectivity index (χ2v) is 5.72. The Hall–Kier alpha value is -1.75. The number of likely N-dealkylation sites (tertiary alicyclic amines) is 1. The molecular formula is C17H25NO4. The third-order valence-corrected chi connectivity index (χ3v) is 4.03. The number of nitrogens with zero attached hydrogens (tertiary/aromatic N) is 1. The van der Waals surface area contributed by atoms with Gasteiger partial charge in [-0.15, -0.1) is 0 Å². The van der Waals surface area contributed by atoms with E-state index >= 15 is 0 Å². The second kappa shape index (κ2) is 8.03. The van der Waals surface area contributed by atoms with Gasteiger partial charge in [0.2, 0.25) is 0 Å². The molecule has 1 heterocycles. The Morgan fingerprint density at radius 2 is 2.05 bits per heavy atom. The first-order chi connectivity index (χ1) is 10.6. The van der Waals surface area contributed by atoms with E-state index in [0.29, 0.717) is 6.61 Å². The van der Waals surface area contributed by atoms with Crippen molar-refractivity contribution in [3.8, 4) is 11.5 Å². The van der Waals surface area contributed by atoms with Crippen LogP contribution in [0.1, 0.15) is 31.7 Å². The zero-order valence-corrected chi connectivity index (χ0v) is 13.4. The minimum atomic E-state index is -0.668. The van der Waals surface area contributed by atoms with Gasteiger partial charge in [0.1, 0.15) is 0 Å². The van der Waals surface area contributed by atoms with Crippen molar-refractivity contribution in [2.45, 2.75) is 32.7 Å². The largest absolute Gasteiger partial charge is 0.493 e. The molecular weight excluding hydrogens is 282 g/mol. The van der Waals surface area contributed by atoms with Gasteiger partial charge in [0.15, 0.2) is 11.5 Å². The van der Waals surface area contributed by atoms with Crippen LogP contribution in [0.15, 0.2) is 18.2 Å². The van der Waals surface area contributed by atoms with Crippen LogP contribution in [0.25, 0.3) is 0 Å². The average Bonchev–Trinajstić information content (AvgIpc) is 2.54. The van der Waals surface area contributed by atoms with Gasteiger partial charge in [0, 0.05) is 6.54 Å². The number of carboxylic acid groups (broad SMARTS) is 1. The summed E-state index contributed by atoms with van der Waals surface area (Å²) in [6.07, 6.45) is 2.41. The lowest BCUT2D eigenvalue weighted by atomic mass is 9.97. The van der Waals surface area contributed by atoms with E-state index in [4.69, 9.17) is 14.6 Å². The first kappa shape index (κ1) is 16.6. The topological polar surface area (TPSA) is 59.0 Å². The third kappa shape index (κ3) is 4.37. The summed E-state index contributed by atoms with van der Waals surface area (Å²) in [5, 5.41) is 9.03. The van der Waals surface area contributed by atoms with Crippen LogP contribution in [-0.4, -0.2) is 42.8 Å². The molecule has 1 aliphatic rings. The molecule has 0 spiro atoms. The van der Waals surface area contributed by atoms with Gasteiger partial charge in [0.25, 0.3) is 0 Å². The highest BCUT2D eigenvalue weighted by Crippen LogP contribution is 2.29. The molecule has 1 aromatic carbocycles. The molecule has 5 nitrogen and oxygen atoms in total. The number of benzene rings is 1. The Kier molecular flexibility index (Phi) is 6.07. The maximum Gasteiger partial charge on any atom is 0.306 e. The quantitative estimate of drug-likeness (QED) is 0.839. The number of rotatable bonds is 7. The zero-order chi connectivity index (χ0) is 15.9. The van der Waals surface area contributed by atoms with Gasteiger partial charge < -0.3 is 14.6 Å². The molecule has 0 amide bonds. The summed E-state index contributed by atoms with van der Waals surface area (Å²) < 4.78 is 11.1. The van der Waals surface area contributed by atoms with E-state index in [1.54, 1.807) is 7.11 Å². The fraction of sp³-hybridized carbons (Fsp3) is 0.588. The lowest BCUT2D eigenvalue weighted by Crippen LogP contribution is -2.35. The predicted octanol–water partition coefficient (Wildman–Crippen LogP) is 2.78. The number of methoxy groups -OCH3 is 1. The molecule has 1 aromatic rings. The zero-order valence-electron chi connectivity index (χ0n) is 13.4. The molecule has 122 valence electrons. The van der Waals surface area contributed by atoms with E-state index in [2.05, 4.69) is 17.9 Å². The minimum absolute atomic E-state index is 0.185. The Morgan fingerprint density at radius 1 is 1.32 bits per heavy atom. The Bertz CT molecular complexity index is 495. The Morgan fingerprint density at radius 3 is 2.64 bits per heavy atom. The average molecular weight is 307 g/mol. The molecule has 0 aliphatic carbocycles. The molecule has 0 atom stereocenters. The maximum absolute atomic E-state index is 11.0. The number of piperidine rings is 1. The number of carbonyl (C=O) groups is 1. The molecule has 2 rings (SSSR count). The lowest BCUT2D eigenvalue weighted by Gasteiger charge is -2.30. The van der Waals surface area contributed by atoms with Crippen molar-refractivity contribution in [3.05, 3.63) is 23.8 Å². The second-order valence-electron chi connectivity index (χ2n) is 5.72. The van der Waals surface area contributed by atoms with Gasteiger partial charge >= 0.3 is 5.97 Å². The molecule has 0 aromatic heterocycles. The van der Waals surface area contributed by atoms with Crippen molar-refractivity contribution in [1.29, 1.82) is 0 Å². The number of aliphatic carboxylic acids is 1. The summed E-state index contributed by atoms with van der Waals surface area (Å²) >= 11 is 0. The number of hydrogen-bond acceptors (Lipinski definition) is 4. The predicted molar refractivity (Wildman–Crippen MR) is 84.4 cm³/mol. The SMILES string of the molecule is CCCOc1ccc(CN2CCC(C(=O)O)CC2)cc1OC. The van der Waals surface area contributed by atoms with Crippen molar-refractivity contribution < 1.29 is 19.4 Å². The Balaban J connectivity index is 1.94. The van der Waals surface area contributed by atoms with Gasteiger partial charge in [-0.3, -0.25) is 9.69 Å². The van der Waals surface area contributed by atoms with Crippen molar-refractivity contribution >= 4 is 5.97 Å². The van der Waals surface area contributed by atoms with Gasteiger partial charge in [0.05, 0.1) is 19.6 Å². The van der Waals surface area contributed by atoms with Crippen LogP contribution in [-0.2, 0) is 11.3 Å². The molecule has 1 fully saturated rings. The number of carboxylic acids is 1. The maximum atomic E-state index is 11.0. The summed E-state index contributed by atoms with van der Waals surface area (Å²) in [6.45, 7) is 5.22. The van der Waals surface area contributed by atoms with E-state index in [-0.39, 0.29) is 5.92 Å². The van der Waals surface area contributed by atoms with Crippen molar-refractivity contribution in [2.75, 3.05) is 26.8 Å². The van der Waals surface area contributed by atoms with Crippen LogP contribution in [0.5, 0.6) is 11.5 Å². The highest BCUT2D eigenvalue weighted by Gasteiger charge is 2.24. The van der Waals surface area contributed by atoms with Gasteiger partial charge in [-0.25, -0.2) is 0 Å². The summed E-state index contributed by atoms with van der Waals surface area (Å²) in [5.74, 6) is 0.679. The van der Waals surface area contributed by atoms with Crippen LogP contribution in [0.4, 0.5) is 0 Å². The van der Waals surface area contributed by atoms with E-state index in [0.717, 1.165) is 56.0 Å². The van der Waals surface area contributed by atoms with Crippen LogP contribution < -0.4 is 9.47 Å². The summed E-state index contributed by atoms with van der Waals surface area (Å²) in [6, 6.07) is 6.01. The first-order valence-corrected chi connectivity index (χ1v) is 7.89. The third-order valence-electron chi connectivity index (χ3n) is 4.03. The minimum Gasteiger partial charge on any atom is -0.493 e. The van der Waals surface area contributed by atoms with E-state index in [1.807, 2.05) is 12.1 Å². The van der Waals surface area contributed by atoms with Crippen molar-refractivity contribution in [3.63, 3.8) is 0 Å². The summed E-state index contributed by atoms with van der Waals surface area (Å²) in [4.78, 5) is 13.3. The molecule has 1 aliphatic heterocycles. The first-order valence-electron chi connectivity index (χ1n) is 7.89. The van der Waals surface area contributed by atoms with E-state index in [9.17, 15) is 4.79 Å².